The van der Waals surface area contributed by atoms with Gasteiger partial charge in [-0.2, -0.15) is 0 Å². The lowest BCUT2D eigenvalue weighted by Gasteiger charge is -2.16. The van der Waals surface area contributed by atoms with Gasteiger partial charge in [0.15, 0.2) is 0 Å². The van der Waals surface area contributed by atoms with Gasteiger partial charge in [-0.1, -0.05) is 6.07 Å². The van der Waals surface area contributed by atoms with E-state index in [4.69, 9.17) is 5.11 Å². The van der Waals surface area contributed by atoms with E-state index < -0.39 is 5.97 Å². The van der Waals surface area contributed by atoms with Crippen LogP contribution in [0.5, 0.6) is 0 Å². The van der Waals surface area contributed by atoms with Gasteiger partial charge in [0.2, 0.25) is 0 Å². The predicted octanol–water partition coefficient (Wildman–Crippen LogP) is 1.89. The minimum atomic E-state index is -0.853. The fourth-order valence-electron chi connectivity index (χ4n) is 1.61. The molecule has 0 amide bonds. The molecule has 1 aromatic rings. The summed E-state index contributed by atoms with van der Waals surface area (Å²) in [6.07, 6.45) is 2.47. The lowest BCUT2D eigenvalue weighted by Crippen LogP contribution is -2.23. The molecule has 2 N–H and O–H groups in total. The largest absolute Gasteiger partial charge is 0.478 e. The number of carboxylic acid groups (broad SMARTS) is 1. The number of rotatable bonds is 1. The smallest absolute Gasteiger partial charge is 0.335 e. The van der Waals surface area contributed by atoms with Crippen molar-refractivity contribution in [3.05, 3.63) is 34.9 Å². The van der Waals surface area contributed by atoms with E-state index >= 15 is 0 Å². The number of nitrogens with one attached hydrogen (secondary N) is 1. The monoisotopic (exact) mass is 227 g/mol. The van der Waals surface area contributed by atoms with Gasteiger partial charge < -0.3 is 10.4 Å². The highest BCUT2D eigenvalue weighted by Gasteiger charge is 2.10. The van der Waals surface area contributed by atoms with Crippen LogP contribution in [0, 0.1) is 0 Å². The van der Waals surface area contributed by atoms with Crippen molar-refractivity contribution in [1.29, 1.82) is 0 Å². The summed E-state index contributed by atoms with van der Waals surface area (Å²) in [6, 6.07) is 5.34. The van der Waals surface area contributed by atoms with Crippen molar-refractivity contribution in [2.75, 3.05) is 12.9 Å². The van der Waals surface area contributed by atoms with Crippen LogP contribution in [0.15, 0.2) is 18.2 Å². The van der Waals surface area contributed by atoms with Crippen molar-refractivity contribution in [3.63, 3.8) is 0 Å². The first-order valence-electron chi connectivity index (χ1n) is 4.71. The molecule has 0 unspecified atom stereocenters. The molecule has 0 fully saturated rings. The lowest BCUT2D eigenvalue weighted by molar-refractivity contribution is 0.0696. The third-order valence-electron chi connectivity index (χ3n) is 2.34. The van der Waals surface area contributed by atoms with Crippen LogP contribution in [0.1, 0.15) is 21.5 Å². The average Bonchev–Trinajstić information content (AvgIpc) is 2.31. The van der Waals surface area contributed by atoms with Gasteiger partial charge in [0.1, 0.15) is 0 Å². The molecule has 82 valence electrons. The lowest BCUT2D eigenvalue weighted by atomic mass is 9.99. The first-order valence-corrected chi connectivity index (χ1v) is 5.46. The Labute approximate surface area is 94.1 Å². The van der Waals surface area contributed by atoms with Gasteiger partial charge in [0.25, 0.3) is 0 Å². The molecular formula is C11H14ClNO2. The van der Waals surface area contributed by atoms with E-state index in [9.17, 15) is 4.79 Å². The number of benzene rings is 1. The molecule has 0 spiro atoms. The molecule has 3 nitrogen and oxygen atoms in total. The van der Waals surface area contributed by atoms with E-state index in [2.05, 4.69) is 16.9 Å². The van der Waals surface area contributed by atoms with E-state index in [1.807, 2.05) is 6.07 Å². The van der Waals surface area contributed by atoms with Gasteiger partial charge >= 0.3 is 5.97 Å². The Morgan fingerprint density at radius 3 is 2.80 bits per heavy atom. The standard InChI is InChI=1S/C10H11NO2.CH3Cl/c12-10(13)8-2-1-7-3-4-11-6-9(7)5-8;1-2/h1-2,5,11H,3-4,6H2,(H,12,13);1H3. The van der Waals surface area contributed by atoms with Gasteiger partial charge in [0.05, 0.1) is 5.56 Å². The first-order chi connectivity index (χ1) is 7.27. The molecular weight excluding hydrogens is 214 g/mol. The zero-order chi connectivity index (χ0) is 11.3. The van der Waals surface area contributed by atoms with Crippen molar-refractivity contribution < 1.29 is 9.90 Å². The van der Waals surface area contributed by atoms with E-state index in [1.54, 1.807) is 12.1 Å². The average molecular weight is 228 g/mol. The quantitative estimate of drug-likeness (QED) is 0.721. The van der Waals surface area contributed by atoms with Crippen LogP contribution >= 0.6 is 11.6 Å². The van der Waals surface area contributed by atoms with Crippen molar-refractivity contribution in [3.8, 4) is 0 Å². The molecule has 0 atom stereocenters. The highest BCUT2D eigenvalue weighted by Crippen LogP contribution is 2.15. The Morgan fingerprint density at radius 2 is 2.13 bits per heavy atom. The molecule has 0 saturated carbocycles. The number of fused-ring (bicyclic) bond motifs is 1. The van der Waals surface area contributed by atoms with Crippen molar-refractivity contribution in [2.24, 2.45) is 0 Å². The minimum absolute atomic E-state index is 0.377. The third-order valence-corrected chi connectivity index (χ3v) is 2.34. The Bertz CT molecular complexity index is 352. The SMILES string of the molecule is CCl.O=C(O)c1ccc2c(c1)CNCC2. The highest BCUT2D eigenvalue weighted by atomic mass is 35.5. The fraction of sp³-hybridized carbons (Fsp3) is 0.364. The molecule has 2 rings (SSSR count). The molecule has 4 heteroatoms. The summed E-state index contributed by atoms with van der Waals surface area (Å²) in [4.78, 5) is 10.7. The van der Waals surface area contributed by atoms with Crippen LogP contribution in [0.2, 0.25) is 0 Å². The molecule has 1 aliphatic rings. The molecule has 15 heavy (non-hydrogen) atoms. The minimum Gasteiger partial charge on any atom is -0.478 e. The number of carboxylic acids is 1. The van der Waals surface area contributed by atoms with Crippen LogP contribution in [-0.4, -0.2) is 24.0 Å². The molecule has 0 saturated heterocycles. The van der Waals surface area contributed by atoms with Gasteiger partial charge in [-0.15, -0.1) is 11.6 Å². The number of hydrogen-bond donors (Lipinski definition) is 2. The van der Waals surface area contributed by atoms with Crippen LogP contribution in [-0.2, 0) is 13.0 Å². The zero-order valence-electron chi connectivity index (χ0n) is 8.59. The number of carbonyl (C=O) groups is 1. The molecule has 1 aromatic carbocycles. The van der Waals surface area contributed by atoms with Gasteiger partial charge in [-0.3, -0.25) is 0 Å². The van der Waals surface area contributed by atoms with Crippen LogP contribution in [0.3, 0.4) is 0 Å². The maximum atomic E-state index is 10.7. The number of aromatic carboxylic acids is 1. The summed E-state index contributed by atoms with van der Waals surface area (Å²) in [5, 5.41) is 12.0. The molecule has 0 aromatic heterocycles. The Hall–Kier alpha value is -1.06. The van der Waals surface area contributed by atoms with E-state index in [0.29, 0.717) is 5.56 Å². The Morgan fingerprint density at radius 1 is 1.40 bits per heavy atom. The van der Waals surface area contributed by atoms with E-state index in [1.165, 1.54) is 11.9 Å². The van der Waals surface area contributed by atoms with Crippen molar-refractivity contribution >= 4 is 17.6 Å². The molecule has 1 heterocycles. The molecule has 1 aliphatic heterocycles. The maximum absolute atomic E-state index is 10.7. The number of alkyl halides is 1. The summed E-state index contributed by atoms with van der Waals surface area (Å²) in [5.41, 5.74) is 2.76. The second-order valence-electron chi connectivity index (χ2n) is 3.22. The number of halogens is 1. The summed E-state index contributed by atoms with van der Waals surface area (Å²) in [6.45, 7) is 1.77. The predicted molar refractivity (Wildman–Crippen MR) is 60.6 cm³/mol. The third kappa shape index (κ3) is 2.94. The molecule has 0 aliphatic carbocycles. The second kappa shape index (κ2) is 5.73. The van der Waals surface area contributed by atoms with E-state index in [0.717, 1.165) is 25.1 Å². The van der Waals surface area contributed by atoms with Crippen LogP contribution in [0.4, 0.5) is 0 Å². The molecule has 0 bridgehead atoms. The normalized spacial score (nSPS) is 13.5. The van der Waals surface area contributed by atoms with Crippen LogP contribution < -0.4 is 5.32 Å². The fourth-order valence-corrected chi connectivity index (χ4v) is 1.61. The summed E-state index contributed by atoms with van der Waals surface area (Å²) in [7, 11) is 0. The van der Waals surface area contributed by atoms with Crippen LogP contribution in [0.25, 0.3) is 0 Å². The second-order valence-corrected chi connectivity index (χ2v) is 3.22. The summed E-state index contributed by atoms with van der Waals surface area (Å²) >= 11 is 4.64. The van der Waals surface area contributed by atoms with Gasteiger partial charge in [-0.05, 0) is 36.2 Å². The molecule has 0 radical (unpaired) electrons. The van der Waals surface area contributed by atoms with Gasteiger partial charge in [0, 0.05) is 12.9 Å². The Kier molecular flexibility index (Phi) is 4.59. The zero-order valence-corrected chi connectivity index (χ0v) is 9.34. The van der Waals surface area contributed by atoms with Gasteiger partial charge in [-0.25, -0.2) is 4.79 Å². The van der Waals surface area contributed by atoms with Crippen molar-refractivity contribution in [1.82, 2.24) is 5.32 Å². The topological polar surface area (TPSA) is 49.3 Å². The Balaban J connectivity index is 0.000000531. The van der Waals surface area contributed by atoms with E-state index in [-0.39, 0.29) is 0 Å². The summed E-state index contributed by atoms with van der Waals surface area (Å²) in [5.74, 6) is -0.853. The maximum Gasteiger partial charge on any atom is 0.335 e. The highest BCUT2D eigenvalue weighted by molar-refractivity contribution is 6.15. The first kappa shape index (κ1) is 12.0. The summed E-state index contributed by atoms with van der Waals surface area (Å²) < 4.78 is 0. The van der Waals surface area contributed by atoms with Crippen molar-refractivity contribution in [2.45, 2.75) is 13.0 Å². The number of hydrogen-bond acceptors (Lipinski definition) is 2.